The van der Waals surface area contributed by atoms with Crippen LogP contribution in [0.25, 0.3) is 0 Å². The second-order valence-corrected chi connectivity index (χ2v) is 6.21. The molecule has 0 aromatic carbocycles. The maximum Gasteiger partial charge on any atom is 0.0435 e. The Kier molecular flexibility index (Phi) is 3.44. The Morgan fingerprint density at radius 1 is 0.762 bits per heavy atom. The van der Waals surface area contributed by atoms with Crippen molar-refractivity contribution < 1.29 is 0 Å². The van der Waals surface area contributed by atoms with Crippen molar-refractivity contribution in [2.45, 2.75) is 51.6 Å². The predicted molar refractivity (Wildman–Crippen MR) is 83.1 cm³/mol. The fourth-order valence-electron chi connectivity index (χ4n) is 3.50. The van der Waals surface area contributed by atoms with E-state index in [0.29, 0.717) is 0 Å². The van der Waals surface area contributed by atoms with Crippen LogP contribution in [-0.4, -0.2) is 9.97 Å². The smallest absolute Gasteiger partial charge is 0.0435 e. The lowest BCUT2D eigenvalue weighted by atomic mass is 10.1. The normalized spacial score (nSPS) is 16.0. The van der Waals surface area contributed by atoms with Crippen LogP contribution in [0.4, 0.5) is 0 Å². The molecule has 0 radical (unpaired) electrons. The van der Waals surface area contributed by atoms with Crippen molar-refractivity contribution in [3.05, 3.63) is 58.2 Å². The monoisotopic (exact) mass is 279 g/mol. The summed E-state index contributed by atoms with van der Waals surface area (Å²) >= 11 is 0. The van der Waals surface area contributed by atoms with Crippen LogP contribution in [0.3, 0.4) is 0 Å². The highest BCUT2D eigenvalue weighted by Gasteiger charge is 2.13. The zero-order valence-corrected chi connectivity index (χ0v) is 12.4. The first-order valence-electron chi connectivity index (χ1n) is 8.02. The first-order valence-corrected chi connectivity index (χ1v) is 8.02. The van der Waals surface area contributed by atoms with Crippen molar-refractivity contribution >= 4 is 0 Å². The van der Waals surface area contributed by atoms with E-state index in [1.54, 1.807) is 0 Å². The maximum atomic E-state index is 4.58. The molecule has 2 aliphatic rings. The summed E-state index contributed by atoms with van der Waals surface area (Å²) < 4.78 is 0. The van der Waals surface area contributed by atoms with Crippen LogP contribution in [0.1, 0.15) is 46.5 Å². The number of fused-ring (bicyclic) bond motifs is 2. The van der Waals surface area contributed by atoms with Gasteiger partial charge in [0.05, 0.1) is 0 Å². The second kappa shape index (κ2) is 5.57. The molecule has 108 valence electrons. The molecule has 0 atom stereocenters. The first-order chi connectivity index (χ1) is 10.4. The summed E-state index contributed by atoms with van der Waals surface area (Å²) in [4.78, 5) is 9.16. The van der Waals surface area contributed by atoms with Crippen molar-refractivity contribution in [2.75, 3.05) is 0 Å². The van der Waals surface area contributed by atoms with Gasteiger partial charge in [0, 0.05) is 36.9 Å². The molecule has 4 rings (SSSR count). The van der Waals surface area contributed by atoms with Gasteiger partial charge >= 0.3 is 0 Å². The van der Waals surface area contributed by atoms with Gasteiger partial charge in [0.25, 0.3) is 0 Å². The number of rotatable bonds is 4. The number of hydrogen-bond donors (Lipinski definition) is 1. The third kappa shape index (κ3) is 2.70. The molecule has 0 amide bonds. The van der Waals surface area contributed by atoms with Crippen LogP contribution < -0.4 is 5.32 Å². The topological polar surface area (TPSA) is 37.8 Å². The average molecular weight is 279 g/mol. The van der Waals surface area contributed by atoms with E-state index in [1.807, 2.05) is 12.4 Å². The molecular formula is C18H21N3. The third-order valence-electron chi connectivity index (χ3n) is 4.61. The van der Waals surface area contributed by atoms with Crippen molar-refractivity contribution in [3.8, 4) is 0 Å². The van der Waals surface area contributed by atoms with Crippen molar-refractivity contribution in [1.29, 1.82) is 0 Å². The third-order valence-corrected chi connectivity index (χ3v) is 4.61. The standard InChI is InChI=1S/C18H21N3/c1-3-15-7-13(11-20-17(15)5-1)9-19-10-14-8-16-4-2-6-18(16)21-12-14/h7-8,11-12,19H,1-6,9-10H2. The van der Waals surface area contributed by atoms with Gasteiger partial charge in [-0.2, -0.15) is 0 Å². The fraction of sp³-hybridized carbons (Fsp3) is 0.444. The Labute approximate surface area is 125 Å². The zero-order chi connectivity index (χ0) is 14.1. The molecule has 2 aromatic heterocycles. The molecule has 0 saturated carbocycles. The molecular weight excluding hydrogens is 258 g/mol. The van der Waals surface area contributed by atoms with Crippen LogP contribution in [0, 0.1) is 0 Å². The van der Waals surface area contributed by atoms with Crippen molar-refractivity contribution in [3.63, 3.8) is 0 Å². The van der Waals surface area contributed by atoms with Gasteiger partial charge in [-0.05, 0) is 60.8 Å². The summed E-state index contributed by atoms with van der Waals surface area (Å²) in [5.74, 6) is 0. The summed E-state index contributed by atoms with van der Waals surface area (Å²) in [6.45, 7) is 1.77. The Balaban J connectivity index is 1.37. The highest BCUT2D eigenvalue weighted by atomic mass is 14.9. The van der Waals surface area contributed by atoms with E-state index in [1.165, 1.54) is 59.3 Å². The van der Waals surface area contributed by atoms with Gasteiger partial charge in [-0.25, -0.2) is 0 Å². The van der Waals surface area contributed by atoms with E-state index in [0.717, 1.165) is 25.9 Å². The largest absolute Gasteiger partial charge is 0.309 e. The Morgan fingerprint density at radius 3 is 1.81 bits per heavy atom. The summed E-state index contributed by atoms with van der Waals surface area (Å²) in [5.41, 5.74) is 8.11. The number of pyridine rings is 2. The Hall–Kier alpha value is -1.74. The highest BCUT2D eigenvalue weighted by molar-refractivity contribution is 5.30. The molecule has 2 aromatic rings. The SMILES string of the molecule is c1nc2c(cc1CNCc1cnc3c(c1)CCC3)CCC2. The van der Waals surface area contributed by atoms with E-state index in [-0.39, 0.29) is 0 Å². The molecule has 3 nitrogen and oxygen atoms in total. The number of aromatic nitrogens is 2. The van der Waals surface area contributed by atoms with Crippen molar-refractivity contribution in [1.82, 2.24) is 15.3 Å². The fourth-order valence-corrected chi connectivity index (χ4v) is 3.50. The quantitative estimate of drug-likeness (QED) is 0.935. The molecule has 0 fully saturated rings. The Morgan fingerprint density at radius 2 is 1.29 bits per heavy atom. The number of hydrogen-bond acceptors (Lipinski definition) is 3. The van der Waals surface area contributed by atoms with E-state index >= 15 is 0 Å². The van der Waals surface area contributed by atoms with Gasteiger partial charge in [0.1, 0.15) is 0 Å². The molecule has 2 aliphatic carbocycles. The summed E-state index contributed by atoms with van der Waals surface area (Å²) in [5, 5.41) is 3.52. The van der Waals surface area contributed by atoms with Gasteiger partial charge < -0.3 is 5.32 Å². The highest BCUT2D eigenvalue weighted by Crippen LogP contribution is 2.21. The van der Waals surface area contributed by atoms with Gasteiger partial charge in [-0.1, -0.05) is 12.1 Å². The minimum atomic E-state index is 0.886. The second-order valence-electron chi connectivity index (χ2n) is 6.21. The van der Waals surface area contributed by atoms with Crippen LogP contribution in [0.2, 0.25) is 0 Å². The predicted octanol–water partition coefficient (Wildman–Crippen LogP) is 2.74. The maximum absolute atomic E-state index is 4.58. The average Bonchev–Trinajstić information content (AvgIpc) is 3.14. The van der Waals surface area contributed by atoms with Gasteiger partial charge in [-0.3, -0.25) is 9.97 Å². The number of nitrogens with one attached hydrogen (secondary N) is 1. The molecule has 0 unspecified atom stereocenters. The number of nitrogens with zero attached hydrogens (tertiary/aromatic N) is 2. The molecule has 0 aliphatic heterocycles. The zero-order valence-electron chi connectivity index (χ0n) is 12.4. The molecule has 2 heterocycles. The summed E-state index contributed by atoms with van der Waals surface area (Å²) in [7, 11) is 0. The van der Waals surface area contributed by atoms with E-state index in [9.17, 15) is 0 Å². The van der Waals surface area contributed by atoms with Crippen LogP contribution in [0.5, 0.6) is 0 Å². The summed E-state index contributed by atoms with van der Waals surface area (Å²) in [6, 6.07) is 4.65. The van der Waals surface area contributed by atoms with Crippen molar-refractivity contribution in [2.24, 2.45) is 0 Å². The van der Waals surface area contributed by atoms with E-state index in [2.05, 4.69) is 27.4 Å². The van der Waals surface area contributed by atoms with Crippen LogP contribution in [0.15, 0.2) is 24.5 Å². The van der Waals surface area contributed by atoms with Gasteiger partial charge in [0.15, 0.2) is 0 Å². The van der Waals surface area contributed by atoms with E-state index < -0.39 is 0 Å². The minimum Gasteiger partial charge on any atom is -0.309 e. The lowest BCUT2D eigenvalue weighted by Crippen LogP contribution is -2.13. The molecule has 21 heavy (non-hydrogen) atoms. The first kappa shape index (κ1) is 13.0. The molecule has 1 N–H and O–H groups in total. The van der Waals surface area contributed by atoms with E-state index in [4.69, 9.17) is 0 Å². The molecule has 0 bridgehead atoms. The molecule has 0 saturated heterocycles. The lowest BCUT2D eigenvalue weighted by molar-refractivity contribution is 0.687. The molecule has 3 heteroatoms. The number of aryl methyl sites for hydroxylation is 4. The molecule has 0 spiro atoms. The van der Waals surface area contributed by atoms with Crippen LogP contribution in [-0.2, 0) is 38.8 Å². The minimum absolute atomic E-state index is 0.886. The van der Waals surface area contributed by atoms with Gasteiger partial charge in [0.2, 0.25) is 0 Å². The lowest BCUT2D eigenvalue weighted by Gasteiger charge is -2.08. The van der Waals surface area contributed by atoms with Gasteiger partial charge in [-0.15, -0.1) is 0 Å². The van der Waals surface area contributed by atoms with Crippen LogP contribution >= 0.6 is 0 Å². The Bertz CT molecular complexity index is 606. The summed E-state index contributed by atoms with van der Waals surface area (Å²) in [6.07, 6.45) is 11.3.